The Kier molecular flexibility index (Phi) is 6.70. The van der Waals surface area contributed by atoms with Crippen molar-refractivity contribution >= 4 is 11.9 Å². The van der Waals surface area contributed by atoms with Gasteiger partial charge in [-0.25, -0.2) is 18.3 Å². The van der Waals surface area contributed by atoms with Crippen LogP contribution < -0.4 is 5.32 Å². The summed E-state index contributed by atoms with van der Waals surface area (Å²) in [5.74, 6) is -1.45. The number of nitrogens with one attached hydrogen (secondary N) is 1. The predicted molar refractivity (Wildman–Crippen MR) is 68.9 cm³/mol. The van der Waals surface area contributed by atoms with E-state index < -0.39 is 36.2 Å². The first-order valence-electron chi connectivity index (χ1n) is 6.66. The topological polar surface area (TPSA) is 86.1 Å². The fourth-order valence-electron chi connectivity index (χ4n) is 1.59. The summed E-state index contributed by atoms with van der Waals surface area (Å²) in [6.45, 7) is 3.58. The molecule has 1 N–H and O–H groups in total. The van der Waals surface area contributed by atoms with Gasteiger partial charge in [0.05, 0.1) is 6.61 Å². The lowest BCUT2D eigenvalue weighted by Gasteiger charge is -2.07. The van der Waals surface area contributed by atoms with Crippen molar-refractivity contribution in [3.8, 4) is 0 Å². The average Bonchev–Trinajstić information content (AvgIpc) is 2.83. The van der Waals surface area contributed by atoms with Gasteiger partial charge in [0.2, 0.25) is 5.91 Å². The van der Waals surface area contributed by atoms with E-state index in [0.717, 1.165) is 17.5 Å². The molecule has 0 aliphatic heterocycles. The smallest absolute Gasteiger partial charge is 0.361 e. The van der Waals surface area contributed by atoms with Crippen LogP contribution in [0.1, 0.15) is 49.3 Å². The highest BCUT2D eigenvalue weighted by atomic mass is 19.3. The summed E-state index contributed by atoms with van der Waals surface area (Å²) in [4.78, 5) is 23.1. The molecule has 0 saturated heterocycles. The van der Waals surface area contributed by atoms with E-state index >= 15 is 0 Å². The first-order valence-corrected chi connectivity index (χ1v) is 6.66. The van der Waals surface area contributed by atoms with E-state index in [2.05, 4.69) is 20.4 Å². The number of hydrogen-bond donors (Lipinski definition) is 1. The lowest BCUT2D eigenvalue weighted by atomic mass is 10.3. The number of carbonyl (C=O) groups excluding carboxylic acids is 2. The maximum Gasteiger partial charge on any atom is 0.361 e. The Bertz CT molecular complexity index is 491. The van der Waals surface area contributed by atoms with Crippen LogP contribution in [0.2, 0.25) is 0 Å². The summed E-state index contributed by atoms with van der Waals surface area (Å²) in [6, 6.07) is 0. The molecule has 9 heteroatoms. The number of esters is 1. The number of nitrogens with zero attached hydrogens (tertiary/aromatic N) is 3. The zero-order valence-corrected chi connectivity index (χ0v) is 11.9. The number of carbonyl (C=O) groups is 2. The van der Waals surface area contributed by atoms with E-state index in [4.69, 9.17) is 0 Å². The number of alkyl halides is 2. The molecular weight excluding hydrogens is 286 g/mol. The van der Waals surface area contributed by atoms with Crippen molar-refractivity contribution in [1.29, 1.82) is 0 Å². The molecule has 0 saturated carbocycles. The highest BCUT2D eigenvalue weighted by Crippen LogP contribution is 2.21. The molecule has 118 valence electrons. The maximum atomic E-state index is 13.0. The Hall–Kier alpha value is -2.06. The molecule has 21 heavy (non-hydrogen) atoms. The molecule has 1 rings (SSSR count). The highest BCUT2D eigenvalue weighted by Gasteiger charge is 2.28. The van der Waals surface area contributed by atoms with E-state index in [1.54, 1.807) is 6.92 Å². The molecule has 0 radical (unpaired) electrons. The maximum absolute atomic E-state index is 13.0. The third-order valence-corrected chi connectivity index (χ3v) is 2.59. The van der Waals surface area contributed by atoms with Crippen LogP contribution in [0.5, 0.6) is 0 Å². The van der Waals surface area contributed by atoms with E-state index in [0.29, 0.717) is 6.54 Å². The number of amides is 1. The first-order chi connectivity index (χ1) is 10.0. The molecule has 0 aliphatic rings. The Morgan fingerprint density at radius 1 is 1.38 bits per heavy atom. The van der Waals surface area contributed by atoms with Crippen LogP contribution in [0.15, 0.2) is 0 Å². The minimum absolute atomic E-state index is 0.0336. The molecule has 7 nitrogen and oxygen atoms in total. The molecule has 0 bridgehead atoms. The Balaban J connectivity index is 2.83. The molecule has 0 unspecified atom stereocenters. The van der Waals surface area contributed by atoms with E-state index in [1.165, 1.54) is 0 Å². The molecule has 1 aromatic rings. The molecule has 1 amide bonds. The second kappa shape index (κ2) is 8.28. The summed E-state index contributed by atoms with van der Waals surface area (Å²) in [5, 5.41) is 9.39. The van der Waals surface area contributed by atoms with Gasteiger partial charge in [-0.1, -0.05) is 18.6 Å². The average molecular weight is 304 g/mol. The van der Waals surface area contributed by atoms with Crippen LogP contribution in [0.25, 0.3) is 0 Å². The quantitative estimate of drug-likeness (QED) is 0.578. The van der Waals surface area contributed by atoms with Crippen LogP contribution in [-0.4, -0.2) is 40.0 Å². The zero-order chi connectivity index (χ0) is 15.8. The van der Waals surface area contributed by atoms with E-state index in [9.17, 15) is 18.4 Å². The monoisotopic (exact) mass is 304 g/mol. The van der Waals surface area contributed by atoms with Crippen LogP contribution in [0, 0.1) is 0 Å². The normalized spacial score (nSPS) is 10.7. The van der Waals surface area contributed by atoms with Crippen LogP contribution in [0.3, 0.4) is 0 Å². The van der Waals surface area contributed by atoms with Crippen molar-refractivity contribution in [2.75, 3.05) is 13.2 Å². The van der Waals surface area contributed by atoms with Crippen LogP contribution in [0.4, 0.5) is 8.78 Å². The number of hydrogen-bond acceptors (Lipinski definition) is 5. The molecule has 0 aromatic carbocycles. The number of aromatic nitrogens is 3. The Morgan fingerprint density at radius 3 is 2.67 bits per heavy atom. The Labute approximate surface area is 120 Å². The lowest BCUT2D eigenvalue weighted by Crippen LogP contribution is -2.29. The standard InChI is InChI=1S/C12H18F2N4O3/c1-3-5-6-15-8(19)7-18-10(11(13)14)9(16-17-18)12(20)21-4-2/h11H,3-7H2,1-2H3,(H,15,19). The van der Waals surface area contributed by atoms with Gasteiger partial charge in [-0.2, -0.15) is 0 Å². The van der Waals surface area contributed by atoms with Crippen molar-refractivity contribution in [2.45, 2.75) is 39.7 Å². The van der Waals surface area contributed by atoms with Gasteiger partial charge < -0.3 is 10.1 Å². The fraction of sp³-hybridized carbons (Fsp3) is 0.667. The number of halogens is 2. The van der Waals surface area contributed by atoms with Crippen molar-refractivity contribution < 1.29 is 23.1 Å². The summed E-state index contributed by atoms with van der Waals surface area (Å²) in [5.41, 5.74) is -1.27. The Morgan fingerprint density at radius 2 is 2.10 bits per heavy atom. The largest absolute Gasteiger partial charge is 0.461 e. The van der Waals surface area contributed by atoms with Gasteiger partial charge in [-0.05, 0) is 13.3 Å². The second-order valence-corrected chi connectivity index (χ2v) is 4.21. The van der Waals surface area contributed by atoms with Crippen LogP contribution >= 0.6 is 0 Å². The fourth-order valence-corrected chi connectivity index (χ4v) is 1.59. The second-order valence-electron chi connectivity index (χ2n) is 4.21. The minimum atomic E-state index is -2.98. The third kappa shape index (κ3) is 4.76. The van der Waals surface area contributed by atoms with Crippen molar-refractivity contribution in [2.24, 2.45) is 0 Å². The molecule has 1 aromatic heterocycles. The summed E-state index contributed by atoms with van der Waals surface area (Å²) < 4.78 is 31.4. The third-order valence-electron chi connectivity index (χ3n) is 2.59. The number of unbranched alkanes of at least 4 members (excludes halogenated alkanes) is 1. The van der Waals surface area contributed by atoms with Gasteiger partial charge in [0, 0.05) is 6.54 Å². The zero-order valence-electron chi connectivity index (χ0n) is 11.9. The minimum Gasteiger partial charge on any atom is -0.461 e. The predicted octanol–water partition coefficient (Wildman–Crippen LogP) is 1.31. The molecular formula is C12H18F2N4O3. The molecule has 0 spiro atoms. The van der Waals surface area contributed by atoms with E-state index in [1.807, 2.05) is 6.92 Å². The van der Waals surface area contributed by atoms with Gasteiger partial charge in [0.15, 0.2) is 5.69 Å². The first kappa shape index (κ1) is 17.0. The number of ether oxygens (including phenoxy) is 1. The molecule has 1 heterocycles. The molecule has 0 atom stereocenters. The summed E-state index contributed by atoms with van der Waals surface area (Å²) in [7, 11) is 0. The lowest BCUT2D eigenvalue weighted by molar-refractivity contribution is -0.121. The summed E-state index contributed by atoms with van der Waals surface area (Å²) >= 11 is 0. The molecule has 0 fully saturated rings. The van der Waals surface area contributed by atoms with Crippen molar-refractivity contribution in [1.82, 2.24) is 20.3 Å². The molecule has 0 aliphatic carbocycles. The van der Waals surface area contributed by atoms with Crippen molar-refractivity contribution in [3.05, 3.63) is 11.4 Å². The van der Waals surface area contributed by atoms with Gasteiger partial charge in [-0.15, -0.1) is 5.10 Å². The van der Waals surface area contributed by atoms with Crippen LogP contribution in [-0.2, 0) is 16.1 Å². The van der Waals surface area contributed by atoms with Gasteiger partial charge in [0.25, 0.3) is 6.43 Å². The van der Waals surface area contributed by atoms with Crippen molar-refractivity contribution in [3.63, 3.8) is 0 Å². The van der Waals surface area contributed by atoms with E-state index in [-0.39, 0.29) is 6.61 Å². The number of rotatable bonds is 8. The summed E-state index contributed by atoms with van der Waals surface area (Å²) in [6.07, 6.45) is -1.29. The SMILES string of the molecule is CCCCNC(=O)Cn1nnc(C(=O)OCC)c1C(F)F. The highest BCUT2D eigenvalue weighted by molar-refractivity contribution is 5.88. The van der Waals surface area contributed by atoms with Gasteiger partial charge >= 0.3 is 5.97 Å². The van der Waals surface area contributed by atoms with Gasteiger partial charge in [-0.3, -0.25) is 4.79 Å². The van der Waals surface area contributed by atoms with Gasteiger partial charge in [0.1, 0.15) is 12.2 Å².